The lowest BCUT2D eigenvalue weighted by Gasteiger charge is -2.37. The van der Waals surface area contributed by atoms with Gasteiger partial charge in [0.05, 0.1) is 6.61 Å². The van der Waals surface area contributed by atoms with Crippen molar-refractivity contribution in [1.29, 1.82) is 0 Å². The Morgan fingerprint density at radius 3 is 2.63 bits per heavy atom. The van der Waals surface area contributed by atoms with E-state index < -0.39 is 11.5 Å². The molecule has 2 nitrogen and oxygen atoms in total. The second kappa shape index (κ2) is 4.44. The number of hydrogen-bond acceptors (Lipinski definition) is 2. The molecule has 1 saturated carbocycles. The summed E-state index contributed by atoms with van der Waals surface area (Å²) < 4.78 is 31.9. The van der Waals surface area contributed by atoms with Gasteiger partial charge in [0.25, 0.3) is 0 Å². The molecule has 0 atom stereocenters. The zero-order valence-corrected chi connectivity index (χ0v) is 10.9. The molecule has 0 saturated heterocycles. The van der Waals surface area contributed by atoms with Gasteiger partial charge in [-0.25, -0.2) is 8.78 Å². The smallest absolute Gasteiger partial charge is 0.248 e. The highest BCUT2D eigenvalue weighted by Crippen LogP contribution is 2.39. The van der Waals surface area contributed by atoms with Crippen molar-refractivity contribution >= 4 is 0 Å². The van der Waals surface area contributed by atoms with E-state index >= 15 is 0 Å². The Hall–Kier alpha value is -1.16. The van der Waals surface area contributed by atoms with Crippen LogP contribution in [0.15, 0.2) is 18.2 Å². The van der Waals surface area contributed by atoms with Crippen LogP contribution in [0.5, 0.6) is 5.75 Å². The lowest BCUT2D eigenvalue weighted by molar-refractivity contribution is -0.0505. The summed E-state index contributed by atoms with van der Waals surface area (Å²) in [4.78, 5) is 0. The molecule has 1 aliphatic heterocycles. The molecule has 1 fully saturated rings. The van der Waals surface area contributed by atoms with Gasteiger partial charge in [0.1, 0.15) is 5.75 Å². The molecule has 1 aromatic rings. The fourth-order valence-corrected chi connectivity index (χ4v) is 3.02. The Morgan fingerprint density at radius 2 is 1.89 bits per heavy atom. The number of nitrogens with two attached hydrogens (primary N) is 1. The highest BCUT2D eigenvalue weighted by Gasteiger charge is 2.41. The van der Waals surface area contributed by atoms with E-state index in [0.29, 0.717) is 19.3 Å². The third-order valence-electron chi connectivity index (χ3n) is 4.29. The van der Waals surface area contributed by atoms with Gasteiger partial charge in [-0.2, -0.15) is 0 Å². The van der Waals surface area contributed by atoms with Crippen molar-refractivity contribution in [3.63, 3.8) is 0 Å². The van der Waals surface area contributed by atoms with Crippen molar-refractivity contribution < 1.29 is 13.5 Å². The fourth-order valence-electron chi connectivity index (χ4n) is 3.02. The van der Waals surface area contributed by atoms with E-state index in [1.165, 1.54) is 5.56 Å². The van der Waals surface area contributed by atoms with Crippen molar-refractivity contribution in [2.45, 2.75) is 50.0 Å². The van der Waals surface area contributed by atoms with E-state index in [-0.39, 0.29) is 12.8 Å². The molecule has 1 heterocycles. The maximum absolute atomic E-state index is 13.2. The van der Waals surface area contributed by atoms with Gasteiger partial charge in [0.2, 0.25) is 5.92 Å². The van der Waals surface area contributed by atoms with Crippen LogP contribution in [-0.4, -0.2) is 18.1 Å². The Kier molecular flexibility index (Phi) is 3.01. The van der Waals surface area contributed by atoms with Crippen LogP contribution >= 0.6 is 0 Å². The summed E-state index contributed by atoms with van der Waals surface area (Å²) >= 11 is 0. The molecular weight excluding hydrogens is 248 g/mol. The molecule has 3 rings (SSSR count). The molecule has 2 N–H and O–H groups in total. The Labute approximate surface area is 111 Å². The first-order valence-electron chi connectivity index (χ1n) is 6.87. The van der Waals surface area contributed by atoms with E-state index in [2.05, 4.69) is 12.1 Å². The number of benzene rings is 1. The lowest BCUT2D eigenvalue weighted by Crippen LogP contribution is -2.47. The monoisotopic (exact) mass is 267 g/mol. The standard InChI is InChI=1S/C15H19F2NO/c16-15(17)6-4-14(18,5-7-15)10-11-1-2-12-3-8-19-13(12)9-11/h1-2,9H,3-8,10,18H2. The van der Waals surface area contributed by atoms with Gasteiger partial charge in [-0.05, 0) is 36.5 Å². The summed E-state index contributed by atoms with van der Waals surface area (Å²) in [5.41, 5.74) is 8.11. The van der Waals surface area contributed by atoms with Gasteiger partial charge in [-0.15, -0.1) is 0 Å². The maximum Gasteiger partial charge on any atom is 0.248 e. The van der Waals surface area contributed by atoms with Gasteiger partial charge >= 0.3 is 0 Å². The molecule has 0 aromatic heterocycles. The van der Waals surface area contributed by atoms with Crippen LogP contribution in [0.2, 0.25) is 0 Å². The quantitative estimate of drug-likeness (QED) is 0.893. The molecule has 2 aliphatic rings. The molecule has 0 spiro atoms. The van der Waals surface area contributed by atoms with Crippen molar-refractivity contribution in [2.75, 3.05) is 6.61 Å². The predicted molar refractivity (Wildman–Crippen MR) is 69.7 cm³/mol. The molecule has 1 aromatic carbocycles. The Balaban J connectivity index is 1.71. The predicted octanol–water partition coefficient (Wildman–Crippen LogP) is 3.07. The average Bonchev–Trinajstić information content (AvgIpc) is 2.81. The van der Waals surface area contributed by atoms with Crippen LogP contribution in [0.3, 0.4) is 0 Å². The molecule has 4 heteroatoms. The maximum atomic E-state index is 13.2. The lowest BCUT2D eigenvalue weighted by atomic mass is 9.77. The molecule has 19 heavy (non-hydrogen) atoms. The third-order valence-corrected chi connectivity index (χ3v) is 4.29. The van der Waals surface area contributed by atoms with Gasteiger partial charge in [0.15, 0.2) is 0 Å². The minimum Gasteiger partial charge on any atom is -0.493 e. The molecule has 1 aliphatic carbocycles. The number of alkyl halides is 2. The number of halogens is 2. The van der Waals surface area contributed by atoms with Crippen LogP contribution in [0.25, 0.3) is 0 Å². The number of hydrogen-bond donors (Lipinski definition) is 1. The van der Waals surface area contributed by atoms with Gasteiger partial charge in [-0.3, -0.25) is 0 Å². The number of ether oxygens (including phenoxy) is 1. The molecule has 0 bridgehead atoms. The zero-order chi connectivity index (χ0) is 13.5. The minimum atomic E-state index is -2.52. The van der Waals surface area contributed by atoms with E-state index in [4.69, 9.17) is 10.5 Å². The van der Waals surface area contributed by atoms with Crippen LogP contribution in [0.1, 0.15) is 36.8 Å². The van der Waals surface area contributed by atoms with Crippen molar-refractivity contribution in [1.82, 2.24) is 0 Å². The molecular formula is C15H19F2NO. The topological polar surface area (TPSA) is 35.2 Å². The van der Waals surface area contributed by atoms with Crippen LogP contribution in [0.4, 0.5) is 8.78 Å². The van der Waals surface area contributed by atoms with Gasteiger partial charge < -0.3 is 10.5 Å². The number of fused-ring (bicyclic) bond motifs is 1. The van der Waals surface area contributed by atoms with Crippen molar-refractivity contribution in [3.05, 3.63) is 29.3 Å². The summed E-state index contributed by atoms with van der Waals surface area (Å²) in [6.07, 6.45) is 2.20. The van der Waals surface area contributed by atoms with Crippen LogP contribution in [0, 0.1) is 0 Å². The first kappa shape index (κ1) is 12.9. The Morgan fingerprint density at radius 1 is 1.16 bits per heavy atom. The normalized spacial score (nSPS) is 23.7. The fraction of sp³-hybridized carbons (Fsp3) is 0.600. The first-order chi connectivity index (χ1) is 8.96. The summed E-state index contributed by atoms with van der Waals surface area (Å²) in [6.45, 7) is 0.735. The molecule has 0 unspecified atom stereocenters. The van der Waals surface area contributed by atoms with Crippen LogP contribution < -0.4 is 10.5 Å². The minimum absolute atomic E-state index is 0.0923. The average molecular weight is 267 g/mol. The van der Waals surface area contributed by atoms with Crippen molar-refractivity contribution in [2.24, 2.45) is 5.73 Å². The van der Waals surface area contributed by atoms with E-state index in [0.717, 1.165) is 24.3 Å². The molecule has 0 radical (unpaired) electrons. The highest BCUT2D eigenvalue weighted by molar-refractivity contribution is 5.40. The summed E-state index contributed by atoms with van der Waals surface area (Å²) in [7, 11) is 0. The summed E-state index contributed by atoms with van der Waals surface area (Å²) in [5.74, 6) is -1.59. The highest BCUT2D eigenvalue weighted by atomic mass is 19.3. The second-order valence-electron chi connectivity index (χ2n) is 5.94. The first-order valence-corrected chi connectivity index (χ1v) is 6.87. The van der Waals surface area contributed by atoms with Gasteiger partial charge in [0, 0.05) is 24.8 Å². The van der Waals surface area contributed by atoms with E-state index in [9.17, 15) is 8.78 Å². The SMILES string of the molecule is NC1(Cc2ccc3c(c2)OCC3)CCC(F)(F)CC1. The molecule has 0 amide bonds. The molecule has 104 valence electrons. The Bertz CT molecular complexity index is 477. The van der Waals surface area contributed by atoms with Crippen LogP contribution in [-0.2, 0) is 12.8 Å². The second-order valence-corrected chi connectivity index (χ2v) is 5.94. The summed E-state index contributed by atoms with van der Waals surface area (Å²) in [6, 6.07) is 6.14. The summed E-state index contributed by atoms with van der Waals surface area (Å²) in [5, 5.41) is 0. The van der Waals surface area contributed by atoms with E-state index in [1.807, 2.05) is 6.07 Å². The van der Waals surface area contributed by atoms with Crippen molar-refractivity contribution in [3.8, 4) is 5.75 Å². The van der Waals surface area contributed by atoms with Gasteiger partial charge in [-0.1, -0.05) is 12.1 Å². The zero-order valence-electron chi connectivity index (χ0n) is 10.9. The third kappa shape index (κ3) is 2.73. The number of rotatable bonds is 2. The van der Waals surface area contributed by atoms with E-state index in [1.54, 1.807) is 0 Å². The largest absolute Gasteiger partial charge is 0.493 e.